The Morgan fingerprint density at radius 1 is 1.13 bits per heavy atom. The van der Waals surface area contributed by atoms with Crippen molar-refractivity contribution in [2.45, 2.75) is 12.4 Å². The van der Waals surface area contributed by atoms with E-state index in [0.717, 1.165) is 12.1 Å². The fourth-order valence-corrected chi connectivity index (χ4v) is 2.46. The van der Waals surface area contributed by atoms with E-state index >= 15 is 0 Å². The first-order chi connectivity index (χ1) is 10.7. The normalized spacial score (nSPS) is 12.8. The molecule has 2 rings (SSSR count). The molecule has 0 aliphatic heterocycles. The second-order valence-corrected chi connectivity index (χ2v) is 5.50. The maximum Gasteiger partial charge on any atom is 0.573 e. The standard InChI is InChI=1S/C15H13BrF3NO3/c1-22-10-6-11(14(21)12(16)7-10)13(20)8-2-4-9(5-3-8)23-15(17,18)19/h2-7,13,21H,20H2,1H3/t13-/m1/s1. The third-order valence-corrected chi connectivity index (χ3v) is 3.71. The van der Waals surface area contributed by atoms with Crippen molar-refractivity contribution in [3.05, 3.63) is 52.0 Å². The lowest BCUT2D eigenvalue weighted by Gasteiger charge is -2.17. The van der Waals surface area contributed by atoms with Crippen LogP contribution in [-0.2, 0) is 0 Å². The van der Waals surface area contributed by atoms with Crippen molar-refractivity contribution in [1.29, 1.82) is 0 Å². The lowest BCUT2D eigenvalue weighted by molar-refractivity contribution is -0.274. The molecule has 0 unspecified atom stereocenters. The molecule has 0 heterocycles. The van der Waals surface area contributed by atoms with E-state index in [1.54, 1.807) is 12.1 Å². The summed E-state index contributed by atoms with van der Waals surface area (Å²) >= 11 is 3.19. The van der Waals surface area contributed by atoms with Gasteiger partial charge in [0.05, 0.1) is 17.6 Å². The van der Waals surface area contributed by atoms with E-state index in [-0.39, 0.29) is 11.5 Å². The van der Waals surface area contributed by atoms with Crippen molar-refractivity contribution in [1.82, 2.24) is 0 Å². The molecule has 0 saturated heterocycles. The van der Waals surface area contributed by atoms with Gasteiger partial charge < -0.3 is 20.3 Å². The fourth-order valence-electron chi connectivity index (χ4n) is 2.01. The first kappa shape index (κ1) is 17.4. The van der Waals surface area contributed by atoms with Gasteiger partial charge in [0.25, 0.3) is 0 Å². The van der Waals surface area contributed by atoms with Crippen molar-refractivity contribution in [2.75, 3.05) is 7.11 Å². The van der Waals surface area contributed by atoms with Gasteiger partial charge in [0.15, 0.2) is 0 Å². The Balaban J connectivity index is 2.30. The summed E-state index contributed by atoms with van der Waals surface area (Å²) in [4.78, 5) is 0. The number of hydrogen-bond donors (Lipinski definition) is 2. The van der Waals surface area contributed by atoms with Gasteiger partial charge in [0.1, 0.15) is 17.2 Å². The molecule has 0 aromatic heterocycles. The van der Waals surface area contributed by atoms with Crippen molar-refractivity contribution >= 4 is 15.9 Å². The summed E-state index contributed by atoms with van der Waals surface area (Å²) < 4.78 is 45.8. The Morgan fingerprint density at radius 2 is 1.74 bits per heavy atom. The zero-order valence-electron chi connectivity index (χ0n) is 11.9. The average Bonchev–Trinajstić information content (AvgIpc) is 2.48. The predicted octanol–water partition coefficient (Wildman–Crippen LogP) is 4.11. The highest BCUT2D eigenvalue weighted by Gasteiger charge is 2.31. The van der Waals surface area contributed by atoms with Crippen molar-refractivity contribution < 1.29 is 27.8 Å². The minimum absolute atomic E-state index is 0.0612. The molecule has 0 saturated carbocycles. The maximum atomic E-state index is 12.1. The monoisotopic (exact) mass is 391 g/mol. The summed E-state index contributed by atoms with van der Waals surface area (Å²) in [5, 5.41) is 10.1. The van der Waals surface area contributed by atoms with Gasteiger partial charge in [0, 0.05) is 5.56 Å². The second kappa shape index (κ2) is 6.67. The Labute approximate surface area is 138 Å². The van der Waals surface area contributed by atoms with Gasteiger partial charge in [-0.15, -0.1) is 13.2 Å². The molecule has 0 fully saturated rings. The summed E-state index contributed by atoms with van der Waals surface area (Å²) in [5.74, 6) is 0.0792. The van der Waals surface area contributed by atoms with Crippen LogP contribution < -0.4 is 15.2 Å². The highest BCUT2D eigenvalue weighted by Crippen LogP contribution is 2.37. The van der Waals surface area contributed by atoms with E-state index in [4.69, 9.17) is 10.5 Å². The number of phenols is 1. The number of benzene rings is 2. The van der Waals surface area contributed by atoms with Crippen LogP contribution in [0.1, 0.15) is 17.2 Å². The highest BCUT2D eigenvalue weighted by molar-refractivity contribution is 9.10. The molecule has 0 radical (unpaired) electrons. The van der Waals surface area contributed by atoms with Gasteiger partial charge in [-0.05, 0) is 45.8 Å². The van der Waals surface area contributed by atoms with Crippen LogP contribution in [0.25, 0.3) is 0 Å². The SMILES string of the molecule is COc1cc(Br)c(O)c([C@H](N)c2ccc(OC(F)(F)F)cc2)c1. The van der Waals surface area contributed by atoms with Crippen LogP contribution in [0.5, 0.6) is 17.2 Å². The third-order valence-electron chi connectivity index (χ3n) is 3.11. The summed E-state index contributed by atoms with van der Waals surface area (Å²) in [7, 11) is 1.47. The largest absolute Gasteiger partial charge is 0.573 e. The van der Waals surface area contributed by atoms with E-state index in [9.17, 15) is 18.3 Å². The lowest BCUT2D eigenvalue weighted by Crippen LogP contribution is -2.17. The quantitative estimate of drug-likeness (QED) is 0.822. The molecule has 8 heteroatoms. The number of methoxy groups -OCH3 is 1. The van der Waals surface area contributed by atoms with Gasteiger partial charge >= 0.3 is 6.36 Å². The summed E-state index contributed by atoms with van der Waals surface area (Å²) in [6.07, 6.45) is -4.75. The molecule has 4 nitrogen and oxygen atoms in total. The zero-order valence-corrected chi connectivity index (χ0v) is 13.5. The molecule has 0 bridgehead atoms. The van der Waals surface area contributed by atoms with E-state index in [1.165, 1.54) is 19.2 Å². The molecular weight excluding hydrogens is 379 g/mol. The van der Waals surface area contributed by atoms with Gasteiger partial charge in [0.2, 0.25) is 0 Å². The van der Waals surface area contributed by atoms with Gasteiger partial charge in [-0.2, -0.15) is 0 Å². The summed E-state index contributed by atoms with van der Waals surface area (Å²) in [5.41, 5.74) is 6.97. The average molecular weight is 392 g/mol. The van der Waals surface area contributed by atoms with E-state index < -0.39 is 12.4 Å². The van der Waals surface area contributed by atoms with Crippen LogP contribution in [0.15, 0.2) is 40.9 Å². The topological polar surface area (TPSA) is 64.7 Å². The van der Waals surface area contributed by atoms with Crippen LogP contribution in [0.2, 0.25) is 0 Å². The van der Waals surface area contributed by atoms with Crippen LogP contribution in [0.3, 0.4) is 0 Å². The number of alkyl halides is 3. The van der Waals surface area contributed by atoms with E-state index in [2.05, 4.69) is 20.7 Å². The molecule has 0 aliphatic carbocycles. The van der Waals surface area contributed by atoms with E-state index in [0.29, 0.717) is 21.3 Å². The van der Waals surface area contributed by atoms with Gasteiger partial charge in [-0.25, -0.2) is 0 Å². The highest BCUT2D eigenvalue weighted by atomic mass is 79.9. The molecular formula is C15H13BrF3NO3. The number of ether oxygens (including phenoxy) is 2. The number of hydrogen-bond acceptors (Lipinski definition) is 4. The Morgan fingerprint density at radius 3 is 2.26 bits per heavy atom. The molecule has 2 aromatic carbocycles. The number of halogens is 4. The van der Waals surface area contributed by atoms with Crippen molar-refractivity contribution in [3.63, 3.8) is 0 Å². The van der Waals surface area contributed by atoms with Crippen LogP contribution in [-0.4, -0.2) is 18.6 Å². The fraction of sp³-hybridized carbons (Fsp3) is 0.200. The number of aromatic hydroxyl groups is 1. The van der Waals surface area contributed by atoms with E-state index in [1.807, 2.05) is 0 Å². The number of phenolic OH excluding ortho intramolecular Hbond substituents is 1. The van der Waals surface area contributed by atoms with Crippen molar-refractivity contribution in [3.8, 4) is 17.2 Å². The Bertz CT molecular complexity index is 690. The van der Waals surface area contributed by atoms with Crippen LogP contribution in [0.4, 0.5) is 13.2 Å². The first-order valence-electron chi connectivity index (χ1n) is 6.39. The molecule has 0 amide bonds. The molecule has 2 aromatic rings. The molecule has 23 heavy (non-hydrogen) atoms. The predicted molar refractivity (Wildman–Crippen MR) is 81.5 cm³/mol. The molecule has 0 spiro atoms. The Kier molecular flexibility index (Phi) is 5.06. The number of nitrogens with two attached hydrogens (primary N) is 1. The zero-order chi connectivity index (χ0) is 17.2. The smallest absolute Gasteiger partial charge is 0.506 e. The first-order valence-corrected chi connectivity index (χ1v) is 7.18. The third kappa shape index (κ3) is 4.29. The van der Waals surface area contributed by atoms with Crippen LogP contribution >= 0.6 is 15.9 Å². The van der Waals surface area contributed by atoms with Gasteiger partial charge in [-0.1, -0.05) is 12.1 Å². The second-order valence-electron chi connectivity index (χ2n) is 4.64. The minimum atomic E-state index is -4.75. The summed E-state index contributed by atoms with van der Waals surface area (Å²) in [6.45, 7) is 0. The molecule has 124 valence electrons. The molecule has 3 N–H and O–H groups in total. The summed E-state index contributed by atoms with van der Waals surface area (Å²) in [6, 6.07) is 7.51. The van der Waals surface area contributed by atoms with Crippen LogP contribution in [0, 0.1) is 0 Å². The number of rotatable bonds is 4. The van der Waals surface area contributed by atoms with Gasteiger partial charge in [-0.3, -0.25) is 0 Å². The minimum Gasteiger partial charge on any atom is -0.506 e. The molecule has 1 atom stereocenters. The lowest BCUT2D eigenvalue weighted by atomic mass is 9.98. The molecule has 0 aliphatic rings. The van der Waals surface area contributed by atoms with Crippen molar-refractivity contribution in [2.24, 2.45) is 5.73 Å². The Hall–Kier alpha value is -1.93. The maximum absolute atomic E-state index is 12.1.